The molecule has 0 aromatic heterocycles. The van der Waals surface area contributed by atoms with Crippen molar-refractivity contribution in [1.82, 2.24) is 10.0 Å². The fraction of sp³-hybridized carbons (Fsp3) is 0.235. The van der Waals surface area contributed by atoms with Gasteiger partial charge in [-0.05, 0) is 30.2 Å². The Labute approximate surface area is 147 Å². The van der Waals surface area contributed by atoms with Gasteiger partial charge in [-0.1, -0.05) is 48.0 Å². The lowest BCUT2D eigenvalue weighted by molar-refractivity contribution is -0.120. The predicted octanol–water partition coefficient (Wildman–Crippen LogP) is 2.37. The van der Waals surface area contributed by atoms with Crippen molar-refractivity contribution in [2.45, 2.75) is 17.7 Å². The van der Waals surface area contributed by atoms with Gasteiger partial charge < -0.3 is 5.32 Å². The van der Waals surface area contributed by atoms with Gasteiger partial charge in [0.15, 0.2) is 0 Å². The molecule has 0 unspecified atom stereocenters. The van der Waals surface area contributed by atoms with Crippen molar-refractivity contribution in [1.29, 1.82) is 0 Å². The van der Waals surface area contributed by atoms with Crippen LogP contribution < -0.4 is 10.0 Å². The molecule has 0 aliphatic rings. The van der Waals surface area contributed by atoms with Crippen LogP contribution in [0.15, 0.2) is 59.5 Å². The van der Waals surface area contributed by atoms with Crippen LogP contribution in [0.4, 0.5) is 0 Å². The molecule has 0 fully saturated rings. The van der Waals surface area contributed by atoms with Crippen LogP contribution in [0.1, 0.15) is 12.0 Å². The van der Waals surface area contributed by atoms with E-state index in [1.54, 1.807) is 12.1 Å². The number of hydrogen-bond acceptors (Lipinski definition) is 3. The van der Waals surface area contributed by atoms with E-state index in [-0.39, 0.29) is 23.8 Å². The molecule has 2 N–H and O–H groups in total. The quantitative estimate of drug-likeness (QED) is 0.753. The highest BCUT2D eigenvalue weighted by Gasteiger charge is 2.14. The summed E-state index contributed by atoms with van der Waals surface area (Å²) < 4.78 is 26.5. The third-order valence-electron chi connectivity index (χ3n) is 3.33. The topological polar surface area (TPSA) is 75.3 Å². The van der Waals surface area contributed by atoms with Gasteiger partial charge in [0.2, 0.25) is 15.9 Å². The monoisotopic (exact) mass is 366 g/mol. The molecular weight excluding hydrogens is 348 g/mol. The first-order valence-corrected chi connectivity index (χ1v) is 9.39. The molecule has 0 spiro atoms. The summed E-state index contributed by atoms with van der Waals surface area (Å²) in [5.74, 6) is -0.195. The van der Waals surface area contributed by atoms with Crippen molar-refractivity contribution in [3.63, 3.8) is 0 Å². The minimum atomic E-state index is -3.66. The minimum Gasteiger partial charge on any atom is -0.356 e. The molecule has 0 bridgehead atoms. The third-order valence-corrected chi connectivity index (χ3v) is 5.02. The van der Waals surface area contributed by atoms with Crippen molar-refractivity contribution in [3.8, 4) is 0 Å². The van der Waals surface area contributed by atoms with Crippen molar-refractivity contribution in [2.24, 2.45) is 0 Å². The molecule has 5 nitrogen and oxygen atoms in total. The van der Waals surface area contributed by atoms with Gasteiger partial charge in [-0.15, -0.1) is 0 Å². The average Bonchev–Trinajstić information content (AvgIpc) is 2.56. The SMILES string of the molecule is O=C(CCNS(=O)(=O)c1cccc(Cl)c1)NCCc1ccccc1. The van der Waals surface area contributed by atoms with Gasteiger partial charge >= 0.3 is 0 Å². The number of carbonyl (C=O) groups excluding carboxylic acids is 1. The van der Waals surface area contributed by atoms with E-state index in [1.165, 1.54) is 12.1 Å². The molecule has 0 heterocycles. The van der Waals surface area contributed by atoms with E-state index in [1.807, 2.05) is 30.3 Å². The fourth-order valence-electron chi connectivity index (χ4n) is 2.10. The van der Waals surface area contributed by atoms with Gasteiger partial charge in [-0.2, -0.15) is 0 Å². The standard InChI is InChI=1S/C17H19ClN2O3S/c18-15-7-4-8-16(13-15)24(22,23)20-12-10-17(21)19-11-9-14-5-2-1-3-6-14/h1-8,13,20H,9-12H2,(H,19,21). The number of nitrogens with one attached hydrogen (secondary N) is 2. The number of hydrogen-bond donors (Lipinski definition) is 2. The number of benzene rings is 2. The molecule has 2 aromatic rings. The molecule has 0 aliphatic heterocycles. The first kappa shape index (κ1) is 18.4. The molecule has 2 aromatic carbocycles. The number of sulfonamides is 1. The maximum absolute atomic E-state index is 12.1. The van der Waals surface area contributed by atoms with E-state index in [4.69, 9.17) is 11.6 Å². The zero-order valence-electron chi connectivity index (χ0n) is 13.0. The van der Waals surface area contributed by atoms with Crippen LogP contribution >= 0.6 is 11.6 Å². The molecule has 24 heavy (non-hydrogen) atoms. The van der Waals surface area contributed by atoms with Gasteiger partial charge in [0.1, 0.15) is 0 Å². The largest absolute Gasteiger partial charge is 0.356 e. The Hall–Kier alpha value is -1.89. The highest BCUT2D eigenvalue weighted by Crippen LogP contribution is 2.14. The summed E-state index contributed by atoms with van der Waals surface area (Å²) in [5.41, 5.74) is 1.14. The maximum Gasteiger partial charge on any atom is 0.240 e. The van der Waals surface area contributed by atoms with E-state index in [0.717, 1.165) is 12.0 Å². The molecule has 0 atom stereocenters. The Morgan fingerprint density at radius 3 is 2.46 bits per heavy atom. The minimum absolute atomic E-state index is 0.0337. The molecule has 0 saturated carbocycles. The highest BCUT2D eigenvalue weighted by molar-refractivity contribution is 7.89. The summed E-state index contributed by atoms with van der Waals surface area (Å²) in [6.45, 7) is 0.551. The zero-order valence-corrected chi connectivity index (χ0v) is 14.6. The molecule has 2 rings (SSSR count). The molecular formula is C17H19ClN2O3S. The molecule has 128 valence electrons. The summed E-state index contributed by atoms with van der Waals surface area (Å²) in [6, 6.07) is 15.8. The lowest BCUT2D eigenvalue weighted by Crippen LogP contribution is -2.31. The Balaban J connectivity index is 1.72. The van der Waals surface area contributed by atoms with Crippen molar-refractivity contribution in [3.05, 3.63) is 65.2 Å². The van der Waals surface area contributed by atoms with Crippen LogP contribution in [0.2, 0.25) is 5.02 Å². The lowest BCUT2D eigenvalue weighted by atomic mass is 10.1. The number of halogens is 1. The predicted molar refractivity (Wildman–Crippen MR) is 94.4 cm³/mol. The van der Waals surface area contributed by atoms with Crippen LogP contribution in [0, 0.1) is 0 Å². The van der Waals surface area contributed by atoms with Gasteiger partial charge in [0.25, 0.3) is 0 Å². The molecule has 7 heteroatoms. The summed E-state index contributed by atoms with van der Waals surface area (Å²) in [5, 5.41) is 3.12. The lowest BCUT2D eigenvalue weighted by Gasteiger charge is -2.08. The normalized spacial score (nSPS) is 11.2. The third kappa shape index (κ3) is 5.96. The average molecular weight is 367 g/mol. The molecule has 1 amide bonds. The first-order chi connectivity index (χ1) is 11.5. The van der Waals surface area contributed by atoms with Crippen molar-refractivity contribution < 1.29 is 13.2 Å². The second-order valence-electron chi connectivity index (χ2n) is 5.19. The van der Waals surface area contributed by atoms with Crippen LogP contribution in [0.3, 0.4) is 0 Å². The number of amides is 1. The van der Waals surface area contributed by atoms with E-state index in [2.05, 4.69) is 10.0 Å². The second kappa shape index (κ2) is 8.82. The fourth-order valence-corrected chi connectivity index (χ4v) is 3.43. The number of rotatable bonds is 8. The highest BCUT2D eigenvalue weighted by atomic mass is 35.5. The van der Waals surface area contributed by atoms with Gasteiger partial charge in [-0.25, -0.2) is 13.1 Å². The summed E-state index contributed by atoms with van der Waals surface area (Å²) in [4.78, 5) is 11.8. The molecule has 0 aliphatic carbocycles. The Morgan fingerprint density at radius 1 is 1.00 bits per heavy atom. The molecule has 0 radical (unpaired) electrons. The zero-order chi connectivity index (χ0) is 17.4. The van der Waals surface area contributed by atoms with Crippen LogP contribution in [0.5, 0.6) is 0 Å². The molecule has 0 saturated heterocycles. The van der Waals surface area contributed by atoms with Crippen LogP contribution in [0.25, 0.3) is 0 Å². The van der Waals surface area contributed by atoms with Crippen molar-refractivity contribution >= 4 is 27.5 Å². The maximum atomic E-state index is 12.1. The smallest absolute Gasteiger partial charge is 0.240 e. The summed E-state index contributed by atoms with van der Waals surface area (Å²) in [7, 11) is -3.66. The Bertz CT molecular complexity index is 779. The summed E-state index contributed by atoms with van der Waals surface area (Å²) in [6.07, 6.45) is 0.815. The second-order valence-corrected chi connectivity index (χ2v) is 7.39. The van der Waals surface area contributed by atoms with E-state index >= 15 is 0 Å². The van der Waals surface area contributed by atoms with Crippen LogP contribution in [-0.2, 0) is 21.2 Å². The van der Waals surface area contributed by atoms with Gasteiger partial charge in [-0.3, -0.25) is 4.79 Å². The van der Waals surface area contributed by atoms with Crippen molar-refractivity contribution in [2.75, 3.05) is 13.1 Å². The Kier molecular flexibility index (Phi) is 6.78. The van der Waals surface area contributed by atoms with Crippen LogP contribution in [-0.4, -0.2) is 27.4 Å². The number of carbonyl (C=O) groups is 1. The first-order valence-electron chi connectivity index (χ1n) is 7.53. The van der Waals surface area contributed by atoms with Gasteiger partial charge in [0, 0.05) is 24.5 Å². The van der Waals surface area contributed by atoms with Gasteiger partial charge in [0.05, 0.1) is 4.90 Å². The van der Waals surface area contributed by atoms with E-state index < -0.39 is 10.0 Å². The van der Waals surface area contributed by atoms with E-state index in [0.29, 0.717) is 11.6 Å². The summed E-state index contributed by atoms with van der Waals surface area (Å²) >= 11 is 5.79. The Morgan fingerprint density at radius 2 is 1.75 bits per heavy atom. The van der Waals surface area contributed by atoms with E-state index in [9.17, 15) is 13.2 Å².